The standard InChI is InChI=1S/C19H23N3O2/c20-18-17(5-2-8-21-18)13-22-9-6-14(7-10-22)11-15-3-1-4-16(12-15)19(23)24/h1-5,8,12,14H,6-7,9-11,13H2,(H2,20,21)(H,23,24). The number of nitrogens with two attached hydrogens (primary N) is 1. The Morgan fingerprint density at radius 2 is 2.04 bits per heavy atom. The number of aromatic nitrogens is 1. The molecule has 2 heterocycles. The van der Waals surface area contributed by atoms with Gasteiger partial charge in [0, 0.05) is 18.3 Å². The SMILES string of the molecule is Nc1ncccc1CN1CCC(Cc2cccc(C(=O)O)c2)CC1. The van der Waals surface area contributed by atoms with Gasteiger partial charge < -0.3 is 10.8 Å². The highest BCUT2D eigenvalue weighted by Gasteiger charge is 2.20. The molecule has 1 aliphatic heterocycles. The van der Waals surface area contributed by atoms with Gasteiger partial charge in [-0.15, -0.1) is 0 Å². The summed E-state index contributed by atoms with van der Waals surface area (Å²) in [6.45, 7) is 2.93. The van der Waals surface area contributed by atoms with Crippen LogP contribution in [-0.2, 0) is 13.0 Å². The van der Waals surface area contributed by atoms with Crippen LogP contribution in [-0.4, -0.2) is 34.0 Å². The second-order valence-corrected chi connectivity index (χ2v) is 6.48. The van der Waals surface area contributed by atoms with E-state index in [1.54, 1.807) is 18.3 Å². The largest absolute Gasteiger partial charge is 0.478 e. The molecule has 5 heteroatoms. The normalized spacial score (nSPS) is 16.2. The van der Waals surface area contributed by atoms with Gasteiger partial charge >= 0.3 is 5.97 Å². The quantitative estimate of drug-likeness (QED) is 0.883. The average molecular weight is 325 g/mol. The monoisotopic (exact) mass is 325 g/mol. The van der Waals surface area contributed by atoms with Gasteiger partial charge in [0.25, 0.3) is 0 Å². The van der Waals surface area contributed by atoms with Crippen LogP contribution in [0.2, 0.25) is 0 Å². The highest BCUT2D eigenvalue weighted by molar-refractivity contribution is 5.87. The lowest BCUT2D eigenvalue weighted by Crippen LogP contribution is -2.34. The molecule has 2 aromatic rings. The molecule has 0 amide bonds. The van der Waals surface area contributed by atoms with Gasteiger partial charge in [0.2, 0.25) is 0 Å². The predicted octanol–water partition coefficient (Wildman–Crippen LogP) is 2.82. The van der Waals surface area contributed by atoms with Crippen molar-refractivity contribution < 1.29 is 9.90 Å². The van der Waals surface area contributed by atoms with Crippen LogP contribution in [0.4, 0.5) is 5.82 Å². The maximum atomic E-state index is 11.1. The second kappa shape index (κ2) is 7.45. The minimum atomic E-state index is -0.860. The van der Waals surface area contributed by atoms with E-state index >= 15 is 0 Å². The lowest BCUT2D eigenvalue weighted by Gasteiger charge is -2.32. The Balaban J connectivity index is 1.53. The molecule has 0 unspecified atom stereocenters. The van der Waals surface area contributed by atoms with Gasteiger partial charge in [-0.25, -0.2) is 9.78 Å². The van der Waals surface area contributed by atoms with Gasteiger partial charge in [0.15, 0.2) is 0 Å². The van der Waals surface area contributed by atoms with Gasteiger partial charge in [-0.1, -0.05) is 18.2 Å². The molecular weight excluding hydrogens is 302 g/mol. The summed E-state index contributed by atoms with van der Waals surface area (Å²) in [5, 5.41) is 9.09. The summed E-state index contributed by atoms with van der Waals surface area (Å²) in [4.78, 5) is 17.6. The number of likely N-dealkylation sites (tertiary alicyclic amines) is 1. The van der Waals surface area contributed by atoms with Crippen molar-refractivity contribution in [3.8, 4) is 0 Å². The Hall–Kier alpha value is -2.40. The topological polar surface area (TPSA) is 79.5 Å². The zero-order valence-electron chi connectivity index (χ0n) is 13.7. The summed E-state index contributed by atoms with van der Waals surface area (Å²) in [6, 6.07) is 11.3. The minimum absolute atomic E-state index is 0.372. The number of pyridine rings is 1. The number of piperidine rings is 1. The van der Waals surface area contributed by atoms with Crippen molar-refractivity contribution in [2.75, 3.05) is 18.8 Å². The zero-order valence-corrected chi connectivity index (χ0v) is 13.7. The van der Waals surface area contributed by atoms with E-state index in [-0.39, 0.29) is 0 Å². The van der Waals surface area contributed by atoms with Gasteiger partial charge in [0.1, 0.15) is 5.82 Å². The second-order valence-electron chi connectivity index (χ2n) is 6.48. The zero-order chi connectivity index (χ0) is 16.9. The molecule has 1 aromatic carbocycles. The first kappa shape index (κ1) is 16.5. The Morgan fingerprint density at radius 1 is 1.25 bits per heavy atom. The van der Waals surface area contributed by atoms with Crippen LogP contribution in [0.3, 0.4) is 0 Å². The van der Waals surface area contributed by atoms with Crippen LogP contribution in [0.1, 0.15) is 34.3 Å². The molecule has 1 fully saturated rings. The maximum Gasteiger partial charge on any atom is 0.335 e. The molecule has 0 atom stereocenters. The average Bonchev–Trinajstić information content (AvgIpc) is 2.59. The summed E-state index contributed by atoms with van der Waals surface area (Å²) in [5.41, 5.74) is 8.50. The van der Waals surface area contributed by atoms with E-state index in [1.165, 1.54) is 0 Å². The molecule has 0 aliphatic carbocycles. The molecule has 1 aliphatic rings. The summed E-state index contributed by atoms with van der Waals surface area (Å²) in [7, 11) is 0. The number of hydrogen-bond acceptors (Lipinski definition) is 4. The summed E-state index contributed by atoms with van der Waals surface area (Å²) < 4.78 is 0. The number of rotatable bonds is 5. The van der Waals surface area contributed by atoms with Crippen molar-refractivity contribution in [1.82, 2.24) is 9.88 Å². The van der Waals surface area contributed by atoms with Crippen molar-refractivity contribution >= 4 is 11.8 Å². The number of nitrogens with zero attached hydrogens (tertiary/aromatic N) is 2. The fourth-order valence-electron chi connectivity index (χ4n) is 3.34. The van der Waals surface area contributed by atoms with Crippen LogP contribution in [0.5, 0.6) is 0 Å². The maximum absolute atomic E-state index is 11.1. The summed E-state index contributed by atoms with van der Waals surface area (Å²) in [6.07, 6.45) is 4.91. The number of hydrogen-bond donors (Lipinski definition) is 2. The molecule has 24 heavy (non-hydrogen) atoms. The molecular formula is C19H23N3O2. The number of carboxylic acids is 1. The molecule has 126 valence electrons. The molecule has 3 rings (SSSR count). The fourth-order valence-corrected chi connectivity index (χ4v) is 3.34. The van der Waals surface area contributed by atoms with Gasteiger partial charge in [-0.05, 0) is 62.0 Å². The number of carboxylic acid groups (broad SMARTS) is 1. The number of benzene rings is 1. The van der Waals surface area contributed by atoms with Crippen LogP contribution in [0.25, 0.3) is 0 Å². The third-order valence-electron chi connectivity index (χ3n) is 4.73. The highest BCUT2D eigenvalue weighted by atomic mass is 16.4. The third-order valence-corrected chi connectivity index (χ3v) is 4.73. The van der Waals surface area contributed by atoms with Crippen LogP contribution >= 0.6 is 0 Å². The number of carbonyl (C=O) groups is 1. The lowest BCUT2D eigenvalue weighted by atomic mass is 9.89. The van der Waals surface area contributed by atoms with Crippen molar-refractivity contribution in [3.05, 3.63) is 59.3 Å². The number of nitrogen functional groups attached to an aromatic ring is 1. The van der Waals surface area contributed by atoms with Gasteiger partial charge in [-0.3, -0.25) is 4.90 Å². The predicted molar refractivity (Wildman–Crippen MR) is 93.8 cm³/mol. The third kappa shape index (κ3) is 4.11. The smallest absolute Gasteiger partial charge is 0.335 e. The first-order chi connectivity index (χ1) is 11.6. The van der Waals surface area contributed by atoms with E-state index in [0.717, 1.165) is 50.0 Å². The molecule has 0 saturated carbocycles. The van der Waals surface area contributed by atoms with Crippen LogP contribution in [0.15, 0.2) is 42.6 Å². The van der Waals surface area contributed by atoms with E-state index < -0.39 is 5.97 Å². The Bertz CT molecular complexity index is 709. The number of aromatic carboxylic acids is 1. The Labute approximate surface area is 142 Å². The fraction of sp³-hybridized carbons (Fsp3) is 0.368. The van der Waals surface area contributed by atoms with Crippen molar-refractivity contribution in [3.63, 3.8) is 0 Å². The van der Waals surface area contributed by atoms with E-state index in [4.69, 9.17) is 10.8 Å². The molecule has 0 spiro atoms. The van der Waals surface area contributed by atoms with E-state index in [2.05, 4.69) is 9.88 Å². The molecule has 1 saturated heterocycles. The van der Waals surface area contributed by atoms with E-state index in [1.807, 2.05) is 24.3 Å². The van der Waals surface area contributed by atoms with Crippen molar-refractivity contribution in [2.24, 2.45) is 5.92 Å². The van der Waals surface area contributed by atoms with Crippen LogP contribution in [0, 0.1) is 5.92 Å². The molecule has 1 aromatic heterocycles. The molecule has 0 radical (unpaired) electrons. The summed E-state index contributed by atoms with van der Waals surface area (Å²) in [5.74, 6) is 0.363. The Kier molecular flexibility index (Phi) is 5.11. The van der Waals surface area contributed by atoms with Crippen molar-refractivity contribution in [1.29, 1.82) is 0 Å². The minimum Gasteiger partial charge on any atom is -0.478 e. The van der Waals surface area contributed by atoms with E-state index in [0.29, 0.717) is 17.3 Å². The Morgan fingerprint density at radius 3 is 2.75 bits per heavy atom. The van der Waals surface area contributed by atoms with Crippen molar-refractivity contribution in [2.45, 2.75) is 25.8 Å². The number of anilines is 1. The molecule has 5 nitrogen and oxygen atoms in total. The molecule has 3 N–H and O–H groups in total. The highest BCUT2D eigenvalue weighted by Crippen LogP contribution is 2.24. The van der Waals surface area contributed by atoms with Gasteiger partial charge in [0.05, 0.1) is 5.56 Å². The van der Waals surface area contributed by atoms with Crippen LogP contribution < -0.4 is 5.73 Å². The summed E-state index contributed by atoms with van der Waals surface area (Å²) >= 11 is 0. The first-order valence-electron chi connectivity index (χ1n) is 8.36. The van der Waals surface area contributed by atoms with E-state index in [9.17, 15) is 4.79 Å². The first-order valence-corrected chi connectivity index (χ1v) is 8.36. The lowest BCUT2D eigenvalue weighted by molar-refractivity contribution is 0.0696. The molecule has 0 bridgehead atoms. The van der Waals surface area contributed by atoms with Gasteiger partial charge in [-0.2, -0.15) is 0 Å².